The van der Waals surface area contributed by atoms with Gasteiger partial charge >= 0.3 is 0 Å². The minimum Gasteiger partial charge on any atom is -0.452 e. The highest BCUT2D eigenvalue weighted by molar-refractivity contribution is 6.32. The third-order valence-electron chi connectivity index (χ3n) is 3.93. The van der Waals surface area contributed by atoms with Crippen LogP contribution in [0.1, 0.15) is 36.0 Å². The van der Waals surface area contributed by atoms with E-state index in [-0.39, 0.29) is 29.0 Å². The Bertz CT molecular complexity index is 516. The van der Waals surface area contributed by atoms with Crippen molar-refractivity contribution in [3.63, 3.8) is 0 Å². The minimum atomic E-state index is -0.212. The molecule has 2 aliphatic rings. The van der Waals surface area contributed by atoms with Gasteiger partial charge in [0, 0.05) is 25.0 Å². The molecule has 1 N–H and O–H groups in total. The second kappa shape index (κ2) is 5.48. The molecule has 2 fully saturated rings. The number of nitrogens with zero attached hydrogens (tertiary/aromatic N) is 1. The van der Waals surface area contributed by atoms with E-state index in [1.54, 1.807) is 6.07 Å². The van der Waals surface area contributed by atoms with Gasteiger partial charge in [-0.2, -0.15) is 0 Å². The molecule has 0 unspecified atom stereocenters. The summed E-state index contributed by atoms with van der Waals surface area (Å²) < 4.78 is 4.91. The predicted molar refractivity (Wildman–Crippen MR) is 73.5 cm³/mol. The van der Waals surface area contributed by atoms with Crippen molar-refractivity contribution in [1.29, 1.82) is 0 Å². The zero-order valence-electron chi connectivity index (χ0n) is 11.1. The first kappa shape index (κ1) is 13.5. The van der Waals surface area contributed by atoms with Gasteiger partial charge in [0.2, 0.25) is 11.1 Å². The number of hydrogen-bond acceptors (Lipinski definition) is 3. The minimum absolute atomic E-state index is 0.0942. The molecule has 0 atom stereocenters. The van der Waals surface area contributed by atoms with Gasteiger partial charge in [0.25, 0.3) is 5.91 Å². The Balaban J connectivity index is 1.50. The third kappa shape index (κ3) is 2.82. The predicted octanol–water partition coefficient (Wildman–Crippen LogP) is 2.06. The molecule has 6 heteroatoms. The Morgan fingerprint density at radius 1 is 1.25 bits per heavy atom. The number of piperidine rings is 1. The Kier molecular flexibility index (Phi) is 3.70. The van der Waals surface area contributed by atoms with Crippen molar-refractivity contribution in [3.8, 4) is 0 Å². The van der Waals surface area contributed by atoms with Crippen LogP contribution in [0.15, 0.2) is 16.7 Å². The van der Waals surface area contributed by atoms with Gasteiger partial charge in [-0.15, -0.1) is 0 Å². The molecule has 0 radical (unpaired) electrons. The van der Waals surface area contributed by atoms with Gasteiger partial charge in [0.15, 0.2) is 0 Å². The maximum atomic E-state index is 12.0. The van der Waals surface area contributed by atoms with Crippen LogP contribution in [0.4, 0.5) is 0 Å². The van der Waals surface area contributed by atoms with E-state index in [2.05, 4.69) is 5.32 Å². The molecule has 2 heterocycles. The molecule has 0 spiro atoms. The number of rotatable bonds is 3. The van der Waals surface area contributed by atoms with E-state index in [9.17, 15) is 9.59 Å². The van der Waals surface area contributed by atoms with E-state index in [1.807, 2.05) is 4.90 Å². The summed E-state index contributed by atoms with van der Waals surface area (Å²) >= 11 is 5.78. The van der Waals surface area contributed by atoms with Crippen molar-refractivity contribution >= 4 is 23.4 Å². The number of carbonyl (C=O) groups excluding carboxylic acids is 2. The SMILES string of the molecule is O=C(NC1CCN(C(=O)C2CC2)CC1)c1ccoc1Cl. The van der Waals surface area contributed by atoms with Crippen molar-refractivity contribution in [3.05, 3.63) is 23.1 Å². The van der Waals surface area contributed by atoms with Crippen LogP contribution in [0.5, 0.6) is 0 Å². The number of nitrogens with one attached hydrogen (secondary N) is 1. The molecular weight excluding hydrogens is 280 g/mol. The van der Waals surface area contributed by atoms with E-state index in [0.29, 0.717) is 5.56 Å². The Morgan fingerprint density at radius 2 is 1.95 bits per heavy atom. The molecule has 2 amide bonds. The average Bonchev–Trinajstić information content (AvgIpc) is 3.21. The summed E-state index contributed by atoms with van der Waals surface area (Å²) in [5.41, 5.74) is 0.364. The van der Waals surface area contributed by atoms with Crippen LogP contribution < -0.4 is 5.32 Å². The van der Waals surface area contributed by atoms with Gasteiger partial charge in [-0.3, -0.25) is 9.59 Å². The van der Waals surface area contributed by atoms with Crippen LogP contribution in [0.25, 0.3) is 0 Å². The number of likely N-dealkylation sites (tertiary alicyclic amines) is 1. The summed E-state index contributed by atoms with van der Waals surface area (Å²) in [5.74, 6) is 0.342. The topological polar surface area (TPSA) is 62.6 Å². The lowest BCUT2D eigenvalue weighted by Gasteiger charge is -2.32. The van der Waals surface area contributed by atoms with Gasteiger partial charge in [0.05, 0.1) is 11.8 Å². The molecule has 5 nitrogen and oxygen atoms in total. The second-order valence-electron chi connectivity index (χ2n) is 5.46. The fraction of sp³-hybridized carbons (Fsp3) is 0.571. The van der Waals surface area contributed by atoms with Crippen LogP contribution in [0.2, 0.25) is 5.22 Å². The van der Waals surface area contributed by atoms with Crippen molar-refractivity contribution in [1.82, 2.24) is 10.2 Å². The Labute approximate surface area is 122 Å². The summed E-state index contributed by atoms with van der Waals surface area (Å²) in [6.07, 6.45) is 5.05. The summed E-state index contributed by atoms with van der Waals surface area (Å²) in [4.78, 5) is 25.8. The fourth-order valence-electron chi connectivity index (χ4n) is 2.55. The zero-order valence-corrected chi connectivity index (χ0v) is 11.9. The molecule has 1 aliphatic carbocycles. The van der Waals surface area contributed by atoms with Crippen LogP contribution >= 0.6 is 11.6 Å². The summed E-state index contributed by atoms with van der Waals surface area (Å²) in [5, 5.41) is 3.06. The number of halogens is 1. The van der Waals surface area contributed by atoms with E-state index in [4.69, 9.17) is 16.0 Å². The first-order chi connectivity index (χ1) is 9.65. The van der Waals surface area contributed by atoms with Crippen molar-refractivity contribution < 1.29 is 14.0 Å². The van der Waals surface area contributed by atoms with Crippen molar-refractivity contribution in [2.45, 2.75) is 31.7 Å². The largest absolute Gasteiger partial charge is 0.452 e. The van der Waals surface area contributed by atoms with Crippen LogP contribution in [0.3, 0.4) is 0 Å². The standard InChI is InChI=1S/C14H17ClN2O3/c15-12-11(5-8-20-12)13(18)16-10-3-6-17(7-4-10)14(19)9-1-2-9/h5,8-10H,1-4,6-7H2,(H,16,18). The second-order valence-corrected chi connectivity index (χ2v) is 5.80. The molecule has 20 heavy (non-hydrogen) atoms. The molecule has 3 rings (SSSR count). The van der Waals surface area contributed by atoms with E-state index in [1.165, 1.54) is 6.26 Å². The number of hydrogen-bond donors (Lipinski definition) is 1. The van der Waals surface area contributed by atoms with Gasteiger partial charge in [0.1, 0.15) is 0 Å². The molecule has 1 aliphatic heterocycles. The molecule has 1 saturated carbocycles. The molecular formula is C14H17ClN2O3. The average molecular weight is 297 g/mol. The van der Waals surface area contributed by atoms with Crippen LogP contribution in [0, 0.1) is 5.92 Å². The molecule has 0 bridgehead atoms. The Morgan fingerprint density at radius 3 is 2.50 bits per heavy atom. The quantitative estimate of drug-likeness (QED) is 0.929. The normalized spacial score (nSPS) is 19.9. The number of carbonyl (C=O) groups is 2. The lowest BCUT2D eigenvalue weighted by atomic mass is 10.0. The van der Waals surface area contributed by atoms with Gasteiger partial charge < -0.3 is 14.6 Å². The monoisotopic (exact) mass is 296 g/mol. The summed E-state index contributed by atoms with van der Waals surface area (Å²) in [6.45, 7) is 1.44. The smallest absolute Gasteiger partial charge is 0.256 e. The maximum absolute atomic E-state index is 12.0. The zero-order chi connectivity index (χ0) is 14.1. The lowest BCUT2D eigenvalue weighted by Crippen LogP contribution is -2.47. The van der Waals surface area contributed by atoms with E-state index < -0.39 is 0 Å². The van der Waals surface area contributed by atoms with E-state index >= 15 is 0 Å². The van der Waals surface area contributed by atoms with Crippen molar-refractivity contribution in [2.24, 2.45) is 5.92 Å². The summed E-state index contributed by atoms with van der Waals surface area (Å²) in [7, 11) is 0. The van der Waals surface area contributed by atoms with Gasteiger partial charge in [-0.05, 0) is 43.4 Å². The first-order valence-electron chi connectivity index (χ1n) is 6.98. The highest BCUT2D eigenvalue weighted by Gasteiger charge is 2.35. The third-order valence-corrected chi connectivity index (χ3v) is 4.22. The summed E-state index contributed by atoms with van der Waals surface area (Å²) in [6, 6.07) is 1.65. The number of furan rings is 1. The van der Waals surface area contributed by atoms with Crippen molar-refractivity contribution in [2.75, 3.05) is 13.1 Å². The van der Waals surface area contributed by atoms with Gasteiger partial charge in [-0.25, -0.2) is 0 Å². The van der Waals surface area contributed by atoms with E-state index in [0.717, 1.165) is 38.8 Å². The Hall–Kier alpha value is -1.49. The fourth-order valence-corrected chi connectivity index (χ4v) is 2.75. The molecule has 1 aromatic rings. The molecule has 0 aromatic carbocycles. The lowest BCUT2D eigenvalue weighted by molar-refractivity contribution is -0.133. The maximum Gasteiger partial charge on any atom is 0.256 e. The van der Waals surface area contributed by atoms with Crippen LogP contribution in [-0.4, -0.2) is 35.8 Å². The highest BCUT2D eigenvalue weighted by atomic mass is 35.5. The first-order valence-corrected chi connectivity index (χ1v) is 7.35. The van der Waals surface area contributed by atoms with Gasteiger partial charge in [-0.1, -0.05) is 0 Å². The highest BCUT2D eigenvalue weighted by Crippen LogP contribution is 2.31. The molecule has 1 saturated heterocycles. The van der Waals surface area contributed by atoms with Crippen LogP contribution in [-0.2, 0) is 4.79 Å². The number of amides is 2. The molecule has 1 aromatic heterocycles. The molecule has 108 valence electrons.